The third kappa shape index (κ3) is 7.70. The number of hydrogen-bond acceptors (Lipinski definition) is 4. The number of esters is 1. The normalized spacial score (nSPS) is 19.1. The third-order valence-corrected chi connectivity index (χ3v) is 5.63. The molecule has 1 amide bonds. The second-order valence-electron chi connectivity index (χ2n) is 7.32. The first-order valence-electron chi connectivity index (χ1n) is 10.5. The van der Waals surface area contributed by atoms with Gasteiger partial charge in [-0.05, 0) is 59.7 Å². The van der Waals surface area contributed by atoms with Gasteiger partial charge in [-0.25, -0.2) is 4.79 Å². The van der Waals surface area contributed by atoms with E-state index in [0.29, 0.717) is 12.1 Å². The first-order valence-corrected chi connectivity index (χ1v) is 11.5. The number of amides is 1. The van der Waals surface area contributed by atoms with Crippen LogP contribution in [0.5, 0.6) is 0 Å². The molecule has 1 saturated heterocycles. The number of unbranched alkanes of at least 4 members (excludes halogenated alkanes) is 5. The number of hydrogen-bond donors (Lipinski definition) is 1. The average Bonchev–Trinajstić information content (AvgIpc) is 3.45. The number of carbonyl (C=O) groups is 2. The van der Waals surface area contributed by atoms with E-state index in [1.165, 1.54) is 25.7 Å². The van der Waals surface area contributed by atoms with Gasteiger partial charge in [0, 0.05) is 10.1 Å². The van der Waals surface area contributed by atoms with Crippen LogP contribution in [0.3, 0.4) is 0 Å². The lowest BCUT2D eigenvalue weighted by Gasteiger charge is -2.16. The maximum atomic E-state index is 12.6. The molecule has 0 radical (unpaired) electrons. The number of epoxide rings is 1. The van der Waals surface area contributed by atoms with Crippen LogP contribution in [0.4, 0.5) is 0 Å². The molecule has 28 heavy (non-hydrogen) atoms. The molecule has 6 heteroatoms. The van der Waals surface area contributed by atoms with Crippen molar-refractivity contribution in [3.63, 3.8) is 0 Å². The minimum atomic E-state index is -0.885. The molecule has 1 N–H and O–H groups in total. The molecule has 1 aliphatic rings. The molecule has 0 spiro atoms. The van der Waals surface area contributed by atoms with Crippen molar-refractivity contribution in [2.45, 2.75) is 83.5 Å². The Morgan fingerprint density at radius 1 is 1.07 bits per heavy atom. The van der Waals surface area contributed by atoms with E-state index in [0.717, 1.165) is 29.3 Å². The first kappa shape index (κ1) is 23.1. The lowest BCUT2D eigenvalue weighted by atomic mass is 10.1. The summed E-state index contributed by atoms with van der Waals surface area (Å²) in [5, 5.41) is 2.88. The van der Waals surface area contributed by atoms with Crippen LogP contribution in [0, 0.1) is 3.57 Å². The molecule has 1 aromatic rings. The molecule has 5 nitrogen and oxygen atoms in total. The summed E-state index contributed by atoms with van der Waals surface area (Å²) < 4.78 is 12.4. The highest BCUT2D eigenvalue weighted by Crippen LogP contribution is 2.32. The van der Waals surface area contributed by atoms with E-state index in [4.69, 9.17) is 9.47 Å². The Kier molecular flexibility index (Phi) is 10.3. The number of benzene rings is 1. The molecular formula is C22H32INO4. The number of halogens is 1. The zero-order valence-corrected chi connectivity index (χ0v) is 19.1. The molecule has 0 bridgehead atoms. The van der Waals surface area contributed by atoms with Crippen LogP contribution in [-0.4, -0.2) is 36.7 Å². The Morgan fingerprint density at radius 2 is 1.75 bits per heavy atom. The van der Waals surface area contributed by atoms with Crippen LogP contribution >= 0.6 is 22.6 Å². The minimum absolute atomic E-state index is 0.00748. The fourth-order valence-corrected chi connectivity index (χ4v) is 3.49. The van der Waals surface area contributed by atoms with Crippen molar-refractivity contribution >= 4 is 34.5 Å². The summed E-state index contributed by atoms with van der Waals surface area (Å²) in [5.74, 6) is -0.741. The highest BCUT2D eigenvalue weighted by atomic mass is 127. The molecule has 0 aromatic heterocycles. The van der Waals surface area contributed by atoms with Gasteiger partial charge in [0.25, 0.3) is 5.91 Å². The SMILES string of the molecule is CCCCCCC[C@H]1O[C@@H]1C(OC(=O)c1ccc(I)cc1)C(=O)NCCCC. The van der Waals surface area contributed by atoms with Crippen LogP contribution in [0.1, 0.15) is 75.6 Å². The summed E-state index contributed by atoms with van der Waals surface area (Å²) in [4.78, 5) is 25.1. The Bertz CT molecular complexity index is 619. The van der Waals surface area contributed by atoms with Gasteiger partial charge in [-0.15, -0.1) is 0 Å². The zero-order chi connectivity index (χ0) is 20.4. The number of rotatable bonds is 13. The standard InChI is InChI=1S/C22H32INO4/c1-3-5-7-8-9-10-18-19(27-18)20(21(25)24-15-6-4-2)28-22(26)16-11-13-17(23)14-12-16/h11-14,18-20H,3-10,15H2,1-2H3,(H,24,25)/t18-,19+,20?/m1/s1. The molecule has 2 rings (SSSR count). The summed E-state index contributed by atoms with van der Waals surface area (Å²) >= 11 is 2.18. The molecule has 0 aliphatic carbocycles. The Labute approximate surface area is 182 Å². The van der Waals surface area contributed by atoms with Crippen molar-refractivity contribution in [3.8, 4) is 0 Å². The van der Waals surface area contributed by atoms with E-state index in [-0.39, 0.29) is 18.1 Å². The van der Waals surface area contributed by atoms with Crippen molar-refractivity contribution in [2.24, 2.45) is 0 Å². The van der Waals surface area contributed by atoms with E-state index in [9.17, 15) is 9.59 Å². The van der Waals surface area contributed by atoms with Gasteiger partial charge in [0.1, 0.15) is 6.10 Å². The van der Waals surface area contributed by atoms with Crippen LogP contribution in [0.25, 0.3) is 0 Å². The summed E-state index contributed by atoms with van der Waals surface area (Å²) in [7, 11) is 0. The molecule has 1 unspecified atom stereocenters. The van der Waals surface area contributed by atoms with Crippen LogP contribution < -0.4 is 5.32 Å². The smallest absolute Gasteiger partial charge is 0.339 e. The quantitative estimate of drug-likeness (QED) is 0.182. The van der Waals surface area contributed by atoms with E-state index >= 15 is 0 Å². The van der Waals surface area contributed by atoms with Gasteiger partial charge >= 0.3 is 5.97 Å². The topological polar surface area (TPSA) is 67.9 Å². The predicted molar refractivity (Wildman–Crippen MR) is 118 cm³/mol. The summed E-state index contributed by atoms with van der Waals surface area (Å²) in [5.41, 5.74) is 0.448. The van der Waals surface area contributed by atoms with Crippen LogP contribution in [0.2, 0.25) is 0 Å². The molecular weight excluding hydrogens is 469 g/mol. The third-order valence-electron chi connectivity index (χ3n) is 4.91. The second kappa shape index (κ2) is 12.4. The summed E-state index contributed by atoms with van der Waals surface area (Å²) in [6, 6.07) is 7.13. The lowest BCUT2D eigenvalue weighted by molar-refractivity contribution is -0.130. The number of carbonyl (C=O) groups excluding carboxylic acids is 2. The van der Waals surface area contributed by atoms with Gasteiger partial charge in [-0.2, -0.15) is 0 Å². The average molecular weight is 501 g/mol. The van der Waals surface area contributed by atoms with E-state index in [1.54, 1.807) is 12.1 Å². The lowest BCUT2D eigenvalue weighted by Crippen LogP contribution is -2.42. The van der Waals surface area contributed by atoms with Gasteiger partial charge in [0.2, 0.25) is 6.10 Å². The maximum Gasteiger partial charge on any atom is 0.339 e. The van der Waals surface area contributed by atoms with Crippen molar-refractivity contribution < 1.29 is 19.1 Å². The molecule has 1 fully saturated rings. The molecule has 1 aliphatic heterocycles. The Balaban J connectivity index is 1.91. The zero-order valence-electron chi connectivity index (χ0n) is 16.9. The van der Waals surface area contributed by atoms with Gasteiger partial charge in [0.05, 0.1) is 11.7 Å². The van der Waals surface area contributed by atoms with Crippen molar-refractivity contribution in [3.05, 3.63) is 33.4 Å². The van der Waals surface area contributed by atoms with Gasteiger partial charge in [0.15, 0.2) is 0 Å². The Hall–Kier alpha value is -1.15. The van der Waals surface area contributed by atoms with E-state index in [2.05, 4.69) is 41.8 Å². The van der Waals surface area contributed by atoms with Crippen molar-refractivity contribution in [1.29, 1.82) is 0 Å². The summed E-state index contributed by atoms with van der Waals surface area (Å²) in [6.45, 7) is 4.85. The highest BCUT2D eigenvalue weighted by Gasteiger charge is 2.49. The molecule has 3 atom stereocenters. The van der Waals surface area contributed by atoms with Crippen LogP contribution in [0.15, 0.2) is 24.3 Å². The first-order chi connectivity index (χ1) is 13.6. The van der Waals surface area contributed by atoms with Gasteiger partial charge < -0.3 is 14.8 Å². The summed E-state index contributed by atoms with van der Waals surface area (Å²) in [6.07, 6.45) is 7.56. The molecule has 1 heterocycles. The number of nitrogens with one attached hydrogen (secondary N) is 1. The fourth-order valence-electron chi connectivity index (χ4n) is 3.13. The molecule has 1 aromatic carbocycles. The highest BCUT2D eigenvalue weighted by molar-refractivity contribution is 14.1. The predicted octanol–water partition coefficient (Wildman–Crippen LogP) is 4.86. The minimum Gasteiger partial charge on any atom is -0.446 e. The monoisotopic (exact) mass is 501 g/mol. The van der Waals surface area contributed by atoms with Crippen LogP contribution in [-0.2, 0) is 14.3 Å². The molecule has 0 saturated carbocycles. The number of ether oxygens (including phenoxy) is 2. The largest absolute Gasteiger partial charge is 0.446 e. The van der Waals surface area contributed by atoms with E-state index in [1.807, 2.05) is 12.1 Å². The van der Waals surface area contributed by atoms with Gasteiger partial charge in [-0.3, -0.25) is 4.79 Å². The molecule has 156 valence electrons. The van der Waals surface area contributed by atoms with Crippen molar-refractivity contribution in [2.75, 3.05) is 6.54 Å². The fraction of sp³-hybridized carbons (Fsp3) is 0.636. The van der Waals surface area contributed by atoms with Crippen molar-refractivity contribution in [1.82, 2.24) is 5.32 Å². The maximum absolute atomic E-state index is 12.6. The van der Waals surface area contributed by atoms with Gasteiger partial charge in [-0.1, -0.05) is 52.4 Å². The second-order valence-corrected chi connectivity index (χ2v) is 8.57. The van der Waals surface area contributed by atoms with E-state index < -0.39 is 12.1 Å². The Morgan fingerprint density at radius 3 is 2.43 bits per heavy atom.